The molecular weight excluding hydrogens is 264 g/mol. The number of nitrogens with zero attached hydrogens (tertiary/aromatic N) is 2. The number of H-pyrrole nitrogens is 1. The molecule has 0 saturated heterocycles. The van der Waals surface area contributed by atoms with Crippen LogP contribution in [-0.4, -0.2) is 21.0 Å². The van der Waals surface area contributed by atoms with Gasteiger partial charge in [-0.1, -0.05) is 24.3 Å². The number of carbonyl (C=O) groups is 1. The molecule has 0 saturated carbocycles. The van der Waals surface area contributed by atoms with Crippen molar-refractivity contribution < 1.29 is 4.79 Å². The van der Waals surface area contributed by atoms with Crippen molar-refractivity contribution in [3.63, 3.8) is 0 Å². The molecule has 1 amide bonds. The third-order valence-electron chi connectivity index (χ3n) is 3.92. The molecule has 0 aliphatic carbocycles. The minimum atomic E-state index is -0.0666. The molecule has 0 bridgehead atoms. The zero-order valence-electron chi connectivity index (χ0n) is 11.3. The molecule has 0 fully saturated rings. The molecule has 0 spiro atoms. The average molecular weight is 278 g/mol. The number of nitrogen functional groups attached to an aromatic ring is 1. The highest BCUT2D eigenvalue weighted by atomic mass is 16.2. The van der Waals surface area contributed by atoms with E-state index < -0.39 is 0 Å². The lowest BCUT2D eigenvalue weighted by molar-refractivity contribution is 0.0747. The summed E-state index contributed by atoms with van der Waals surface area (Å²) in [5, 5.41) is 7.83. The molecule has 0 unspecified atom stereocenters. The summed E-state index contributed by atoms with van der Waals surface area (Å²) >= 11 is 0. The molecule has 3 aromatic rings. The molecule has 3 N–H and O–H groups in total. The van der Waals surface area contributed by atoms with Crippen molar-refractivity contribution in [1.82, 2.24) is 15.1 Å². The quantitative estimate of drug-likeness (QED) is 0.671. The van der Waals surface area contributed by atoms with Gasteiger partial charge in [-0.15, -0.1) is 0 Å². The lowest BCUT2D eigenvalue weighted by Crippen LogP contribution is -2.25. The number of hydrogen-bond acceptors (Lipinski definition) is 3. The van der Waals surface area contributed by atoms with E-state index >= 15 is 0 Å². The Morgan fingerprint density at radius 1 is 1.14 bits per heavy atom. The molecule has 2 heterocycles. The Kier molecular flexibility index (Phi) is 2.47. The van der Waals surface area contributed by atoms with Crippen LogP contribution in [0.3, 0.4) is 0 Å². The summed E-state index contributed by atoms with van der Waals surface area (Å²) < 4.78 is 0. The second-order valence-electron chi connectivity index (χ2n) is 5.31. The number of carbonyl (C=O) groups excluding carboxylic acids is 1. The Morgan fingerprint density at radius 3 is 2.57 bits per heavy atom. The molecule has 0 atom stereocenters. The van der Waals surface area contributed by atoms with Gasteiger partial charge in [-0.25, -0.2) is 0 Å². The topological polar surface area (TPSA) is 75.0 Å². The van der Waals surface area contributed by atoms with Crippen molar-refractivity contribution in [2.24, 2.45) is 0 Å². The number of amides is 1. The fourth-order valence-electron chi connectivity index (χ4n) is 2.82. The van der Waals surface area contributed by atoms with Crippen LogP contribution in [0.1, 0.15) is 21.6 Å². The summed E-state index contributed by atoms with van der Waals surface area (Å²) in [4.78, 5) is 14.5. The second-order valence-corrected chi connectivity index (χ2v) is 5.31. The van der Waals surface area contributed by atoms with Crippen molar-refractivity contribution in [3.05, 3.63) is 59.3 Å². The van der Waals surface area contributed by atoms with Crippen LogP contribution in [0.5, 0.6) is 0 Å². The standard InChI is InChI=1S/C16H14N4O/c17-12-5-6-14-13(7-12)15(19-18-14)16(21)20-8-10-3-1-2-4-11(10)9-20/h1-7H,8-9,17H2,(H,18,19). The maximum absolute atomic E-state index is 12.7. The van der Waals surface area contributed by atoms with Gasteiger partial charge in [0.05, 0.1) is 5.52 Å². The van der Waals surface area contributed by atoms with Gasteiger partial charge in [-0.2, -0.15) is 5.10 Å². The fraction of sp³-hybridized carbons (Fsp3) is 0.125. The van der Waals surface area contributed by atoms with Crippen LogP contribution in [0.15, 0.2) is 42.5 Å². The molecule has 4 rings (SSSR count). The number of fused-ring (bicyclic) bond motifs is 2. The number of aromatic amines is 1. The Hall–Kier alpha value is -2.82. The lowest BCUT2D eigenvalue weighted by atomic mass is 10.1. The minimum Gasteiger partial charge on any atom is -0.399 e. The molecule has 1 aliphatic rings. The molecule has 0 radical (unpaired) electrons. The van der Waals surface area contributed by atoms with Gasteiger partial charge in [0, 0.05) is 24.2 Å². The van der Waals surface area contributed by atoms with Crippen LogP contribution in [0.4, 0.5) is 5.69 Å². The number of aromatic nitrogens is 2. The van der Waals surface area contributed by atoms with Crippen LogP contribution in [0.25, 0.3) is 10.9 Å². The summed E-state index contributed by atoms with van der Waals surface area (Å²) in [6.45, 7) is 1.26. The van der Waals surface area contributed by atoms with Gasteiger partial charge in [0.25, 0.3) is 5.91 Å². The van der Waals surface area contributed by atoms with Crippen LogP contribution in [-0.2, 0) is 13.1 Å². The van der Waals surface area contributed by atoms with Crippen molar-refractivity contribution in [2.45, 2.75) is 13.1 Å². The number of rotatable bonds is 1. The van der Waals surface area contributed by atoms with Crippen molar-refractivity contribution >= 4 is 22.5 Å². The van der Waals surface area contributed by atoms with Crippen LogP contribution < -0.4 is 5.73 Å². The highest BCUT2D eigenvalue weighted by molar-refractivity contribution is 6.05. The molecular formula is C16H14N4O. The second kappa shape index (κ2) is 4.34. The normalized spacial score (nSPS) is 13.6. The highest BCUT2D eigenvalue weighted by Crippen LogP contribution is 2.26. The Labute approximate surface area is 121 Å². The summed E-state index contributed by atoms with van der Waals surface area (Å²) in [6.07, 6.45) is 0. The number of nitrogens with two attached hydrogens (primary N) is 1. The lowest BCUT2D eigenvalue weighted by Gasteiger charge is -2.13. The van der Waals surface area contributed by atoms with E-state index in [1.807, 2.05) is 23.1 Å². The van der Waals surface area contributed by atoms with Crippen molar-refractivity contribution in [2.75, 3.05) is 5.73 Å². The first-order valence-electron chi connectivity index (χ1n) is 6.82. The molecule has 21 heavy (non-hydrogen) atoms. The van der Waals surface area contributed by atoms with E-state index in [4.69, 9.17) is 5.73 Å². The summed E-state index contributed by atoms with van der Waals surface area (Å²) in [6, 6.07) is 13.5. The first-order chi connectivity index (χ1) is 10.2. The van der Waals surface area contributed by atoms with Crippen LogP contribution in [0.2, 0.25) is 0 Å². The molecule has 104 valence electrons. The summed E-state index contributed by atoms with van der Waals surface area (Å²) in [5.74, 6) is -0.0666. The molecule has 5 heteroatoms. The van der Waals surface area contributed by atoms with E-state index in [-0.39, 0.29) is 5.91 Å². The maximum Gasteiger partial charge on any atom is 0.275 e. The van der Waals surface area contributed by atoms with Gasteiger partial charge >= 0.3 is 0 Å². The van der Waals surface area contributed by atoms with Gasteiger partial charge in [0.2, 0.25) is 0 Å². The zero-order valence-corrected chi connectivity index (χ0v) is 11.3. The predicted octanol–water partition coefficient (Wildman–Crippen LogP) is 2.30. The largest absolute Gasteiger partial charge is 0.399 e. The third-order valence-corrected chi connectivity index (χ3v) is 3.92. The SMILES string of the molecule is Nc1ccc2[nH]nc(C(=O)N3Cc4ccccc4C3)c2c1. The number of benzene rings is 2. The molecule has 2 aromatic carbocycles. The van der Waals surface area contributed by atoms with Crippen LogP contribution in [0, 0.1) is 0 Å². The van der Waals surface area contributed by atoms with E-state index in [1.54, 1.807) is 12.1 Å². The third kappa shape index (κ3) is 1.86. The van der Waals surface area contributed by atoms with Crippen molar-refractivity contribution in [1.29, 1.82) is 0 Å². The highest BCUT2D eigenvalue weighted by Gasteiger charge is 2.26. The minimum absolute atomic E-state index is 0.0666. The smallest absolute Gasteiger partial charge is 0.275 e. The molecule has 5 nitrogen and oxygen atoms in total. The van der Waals surface area contributed by atoms with Gasteiger partial charge in [0.15, 0.2) is 5.69 Å². The van der Waals surface area contributed by atoms with E-state index in [1.165, 1.54) is 11.1 Å². The first-order valence-corrected chi connectivity index (χ1v) is 6.82. The summed E-state index contributed by atoms with van der Waals surface area (Å²) in [7, 11) is 0. The first kappa shape index (κ1) is 12.0. The van der Waals surface area contributed by atoms with Gasteiger partial charge in [-0.05, 0) is 29.3 Å². The monoisotopic (exact) mass is 278 g/mol. The van der Waals surface area contributed by atoms with E-state index in [9.17, 15) is 4.79 Å². The predicted molar refractivity (Wildman–Crippen MR) is 80.5 cm³/mol. The maximum atomic E-state index is 12.7. The zero-order chi connectivity index (χ0) is 14.4. The Bertz CT molecular complexity index is 827. The fourth-order valence-corrected chi connectivity index (χ4v) is 2.82. The van der Waals surface area contributed by atoms with Crippen LogP contribution >= 0.6 is 0 Å². The van der Waals surface area contributed by atoms with E-state index in [0.717, 1.165) is 10.9 Å². The van der Waals surface area contributed by atoms with Gasteiger partial charge in [-0.3, -0.25) is 9.89 Å². The van der Waals surface area contributed by atoms with E-state index in [0.29, 0.717) is 24.5 Å². The van der Waals surface area contributed by atoms with E-state index in [2.05, 4.69) is 22.3 Å². The molecule has 1 aliphatic heterocycles. The van der Waals surface area contributed by atoms with Gasteiger partial charge < -0.3 is 10.6 Å². The Balaban J connectivity index is 1.70. The molecule has 1 aromatic heterocycles. The average Bonchev–Trinajstić information content (AvgIpc) is 3.09. The summed E-state index contributed by atoms with van der Waals surface area (Å²) in [5.41, 5.74) is 10.1. The van der Waals surface area contributed by atoms with Gasteiger partial charge in [0.1, 0.15) is 0 Å². The number of nitrogens with one attached hydrogen (secondary N) is 1. The number of anilines is 1. The van der Waals surface area contributed by atoms with Crippen molar-refractivity contribution in [3.8, 4) is 0 Å². The Morgan fingerprint density at radius 2 is 1.86 bits per heavy atom. The number of hydrogen-bond donors (Lipinski definition) is 2.